The third-order valence-corrected chi connectivity index (χ3v) is 5.55. The summed E-state index contributed by atoms with van der Waals surface area (Å²) in [7, 11) is 0. The topological polar surface area (TPSA) is 99.2 Å². The largest absolute Gasteiger partial charge is 0.422 e. The van der Waals surface area contributed by atoms with Gasteiger partial charge in [0.1, 0.15) is 0 Å². The van der Waals surface area contributed by atoms with Crippen molar-refractivity contribution in [3.05, 3.63) is 40.9 Å². The molecule has 2 bridgehead atoms. The van der Waals surface area contributed by atoms with Crippen LogP contribution >= 0.6 is 15.9 Å². The molecule has 2 amide bonds. The Balaban J connectivity index is 1.75. The van der Waals surface area contributed by atoms with Crippen LogP contribution < -0.4 is 4.90 Å². The molecule has 1 aromatic carbocycles. The van der Waals surface area contributed by atoms with Crippen LogP contribution in [0.2, 0.25) is 0 Å². The predicted molar refractivity (Wildman–Crippen MR) is 97.7 cm³/mol. The molecule has 0 saturated carbocycles. The first-order valence-corrected chi connectivity index (χ1v) is 9.39. The van der Waals surface area contributed by atoms with Crippen LogP contribution in [-0.4, -0.2) is 41.7 Å². The van der Waals surface area contributed by atoms with Crippen molar-refractivity contribution in [1.82, 2.24) is 0 Å². The number of nitrogens with zero attached hydrogens (tertiary/aromatic N) is 1. The van der Waals surface area contributed by atoms with Crippen LogP contribution in [0.15, 0.2) is 40.9 Å². The first-order valence-electron chi connectivity index (χ1n) is 8.59. The zero-order chi connectivity index (χ0) is 20.2. The van der Waals surface area contributed by atoms with E-state index < -0.39 is 53.6 Å². The van der Waals surface area contributed by atoms with E-state index in [0.29, 0.717) is 10.2 Å². The molecule has 28 heavy (non-hydrogen) atoms. The number of esters is 2. The van der Waals surface area contributed by atoms with Crippen molar-refractivity contribution >= 4 is 45.4 Å². The van der Waals surface area contributed by atoms with Gasteiger partial charge in [0.2, 0.25) is 11.8 Å². The van der Waals surface area contributed by atoms with Gasteiger partial charge in [-0.15, -0.1) is 0 Å². The summed E-state index contributed by atoms with van der Waals surface area (Å²) in [6, 6.07) is 6.81. The number of carbonyl (C=O) groups is 4. The van der Waals surface area contributed by atoms with Gasteiger partial charge in [0.25, 0.3) is 6.29 Å². The number of halogens is 1. The summed E-state index contributed by atoms with van der Waals surface area (Å²) in [5.74, 6) is -4.07. The van der Waals surface area contributed by atoms with E-state index >= 15 is 0 Å². The van der Waals surface area contributed by atoms with Crippen molar-refractivity contribution in [3.8, 4) is 0 Å². The van der Waals surface area contributed by atoms with E-state index in [2.05, 4.69) is 15.9 Å². The molecule has 8 nitrogen and oxygen atoms in total. The number of fused-ring (bicyclic) bond motifs is 5. The molecule has 0 aliphatic carbocycles. The van der Waals surface area contributed by atoms with Crippen molar-refractivity contribution in [1.29, 1.82) is 0 Å². The molecule has 2 fully saturated rings. The average Bonchev–Trinajstić information content (AvgIpc) is 3.25. The lowest BCUT2D eigenvalue weighted by atomic mass is 9.76. The van der Waals surface area contributed by atoms with Gasteiger partial charge >= 0.3 is 11.9 Å². The first-order chi connectivity index (χ1) is 13.2. The van der Waals surface area contributed by atoms with Gasteiger partial charge in [-0.3, -0.25) is 19.2 Å². The Morgan fingerprint density at radius 1 is 1.18 bits per heavy atom. The maximum atomic E-state index is 13.3. The van der Waals surface area contributed by atoms with E-state index in [1.165, 1.54) is 0 Å². The summed E-state index contributed by atoms with van der Waals surface area (Å²) in [5, 5.41) is 0. The second-order valence-corrected chi connectivity index (χ2v) is 7.76. The Hall–Kier alpha value is -2.52. The SMILES string of the molecule is CC(=O)OC(OC(C)=O)[C@@]12C=C[C@@H](O1)[C@@H]1C(=O)N(c3cccc(Br)c3)C(=O)[C@H]12. The molecule has 1 aromatic rings. The molecule has 4 atom stereocenters. The molecule has 3 aliphatic heterocycles. The van der Waals surface area contributed by atoms with Crippen molar-refractivity contribution in [2.75, 3.05) is 4.90 Å². The highest BCUT2D eigenvalue weighted by Gasteiger charge is 2.72. The maximum absolute atomic E-state index is 13.3. The van der Waals surface area contributed by atoms with Crippen LogP contribution in [0.1, 0.15) is 13.8 Å². The van der Waals surface area contributed by atoms with E-state index in [1.54, 1.807) is 36.4 Å². The summed E-state index contributed by atoms with van der Waals surface area (Å²) >= 11 is 3.33. The van der Waals surface area contributed by atoms with Crippen LogP contribution in [0.4, 0.5) is 5.69 Å². The quantitative estimate of drug-likeness (QED) is 0.298. The summed E-state index contributed by atoms with van der Waals surface area (Å²) in [6.45, 7) is 2.32. The number of anilines is 1. The van der Waals surface area contributed by atoms with Gasteiger partial charge in [0.15, 0.2) is 5.60 Å². The fraction of sp³-hybridized carbons (Fsp3) is 0.368. The molecule has 2 saturated heterocycles. The molecular formula is C19H16BrNO7. The summed E-state index contributed by atoms with van der Waals surface area (Å²) in [6.07, 6.45) is 1.03. The molecule has 0 aromatic heterocycles. The third-order valence-electron chi connectivity index (χ3n) is 5.06. The maximum Gasteiger partial charge on any atom is 0.305 e. The van der Waals surface area contributed by atoms with Gasteiger partial charge in [-0.1, -0.05) is 28.1 Å². The highest BCUT2D eigenvalue weighted by atomic mass is 79.9. The molecule has 0 unspecified atom stereocenters. The molecule has 3 aliphatic rings. The minimum Gasteiger partial charge on any atom is -0.422 e. The van der Waals surface area contributed by atoms with Gasteiger partial charge in [-0.05, 0) is 24.3 Å². The molecule has 9 heteroatoms. The number of benzene rings is 1. The molecule has 0 spiro atoms. The Labute approximate surface area is 168 Å². The molecule has 146 valence electrons. The number of carbonyl (C=O) groups excluding carboxylic acids is 4. The lowest BCUT2D eigenvalue weighted by Gasteiger charge is -2.34. The van der Waals surface area contributed by atoms with Crippen LogP contribution in [0.25, 0.3) is 0 Å². The molecular weight excluding hydrogens is 434 g/mol. The van der Waals surface area contributed by atoms with Crippen LogP contribution in [-0.2, 0) is 33.4 Å². The summed E-state index contributed by atoms with van der Waals surface area (Å²) in [5.41, 5.74) is -1.12. The van der Waals surface area contributed by atoms with E-state index in [1.807, 2.05) is 0 Å². The van der Waals surface area contributed by atoms with Crippen molar-refractivity contribution in [3.63, 3.8) is 0 Å². The van der Waals surface area contributed by atoms with Crippen molar-refractivity contribution in [2.24, 2.45) is 11.8 Å². The van der Waals surface area contributed by atoms with Gasteiger partial charge in [0, 0.05) is 18.3 Å². The Bertz CT molecular complexity index is 913. The normalized spacial score (nSPS) is 30.1. The summed E-state index contributed by atoms with van der Waals surface area (Å²) < 4.78 is 17.0. The second kappa shape index (κ2) is 6.52. The van der Waals surface area contributed by atoms with Crippen LogP contribution in [0.5, 0.6) is 0 Å². The number of rotatable bonds is 4. The lowest BCUT2D eigenvalue weighted by Crippen LogP contribution is -2.52. The third kappa shape index (κ3) is 2.68. The predicted octanol–water partition coefficient (Wildman–Crippen LogP) is 1.71. The minimum atomic E-state index is -1.54. The number of amides is 2. The summed E-state index contributed by atoms with van der Waals surface area (Å²) in [4.78, 5) is 50.6. The standard InChI is InChI=1S/C19H16BrNO7/c1-9(22)26-18(27-10(2)23)19-7-6-13(28-19)14-15(19)17(25)21(16(14)24)12-5-3-4-11(20)8-12/h3-8,13-15,18H,1-2H3/t13-,14+,15+,19+/m1/s1. The van der Waals surface area contributed by atoms with E-state index in [0.717, 1.165) is 18.7 Å². The molecule has 4 rings (SSSR count). The van der Waals surface area contributed by atoms with E-state index in [-0.39, 0.29) is 0 Å². The van der Waals surface area contributed by atoms with Gasteiger partial charge in [-0.2, -0.15) is 0 Å². The zero-order valence-corrected chi connectivity index (χ0v) is 16.5. The fourth-order valence-electron chi connectivity index (χ4n) is 4.09. The van der Waals surface area contributed by atoms with Gasteiger partial charge in [-0.25, -0.2) is 4.90 Å². The smallest absolute Gasteiger partial charge is 0.305 e. The van der Waals surface area contributed by atoms with E-state index in [9.17, 15) is 19.2 Å². The Kier molecular flexibility index (Phi) is 4.39. The van der Waals surface area contributed by atoms with Crippen molar-refractivity contribution in [2.45, 2.75) is 31.8 Å². The average molecular weight is 450 g/mol. The van der Waals surface area contributed by atoms with E-state index in [4.69, 9.17) is 14.2 Å². The highest BCUT2D eigenvalue weighted by molar-refractivity contribution is 9.10. The highest BCUT2D eigenvalue weighted by Crippen LogP contribution is 2.54. The van der Waals surface area contributed by atoms with Gasteiger partial charge < -0.3 is 14.2 Å². The Morgan fingerprint density at radius 3 is 2.46 bits per heavy atom. The molecule has 0 radical (unpaired) electrons. The van der Waals surface area contributed by atoms with Crippen LogP contribution in [0.3, 0.4) is 0 Å². The zero-order valence-electron chi connectivity index (χ0n) is 15.0. The number of ether oxygens (including phenoxy) is 3. The molecule has 3 heterocycles. The number of imide groups is 1. The van der Waals surface area contributed by atoms with Crippen LogP contribution in [0, 0.1) is 11.8 Å². The molecule has 0 N–H and O–H groups in total. The van der Waals surface area contributed by atoms with Gasteiger partial charge in [0.05, 0.1) is 23.6 Å². The first kappa shape index (κ1) is 18.8. The lowest BCUT2D eigenvalue weighted by molar-refractivity contribution is -0.226. The monoisotopic (exact) mass is 449 g/mol. The Morgan fingerprint density at radius 2 is 1.86 bits per heavy atom. The second-order valence-electron chi connectivity index (χ2n) is 6.84. The minimum absolute atomic E-state index is 0.409. The number of hydrogen-bond donors (Lipinski definition) is 0. The number of hydrogen-bond acceptors (Lipinski definition) is 7. The van der Waals surface area contributed by atoms with Crippen molar-refractivity contribution < 1.29 is 33.4 Å². The fourth-order valence-corrected chi connectivity index (χ4v) is 4.47.